The molecule has 0 aromatic carbocycles. The van der Waals surface area contributed by atoms with E-state index in [-0.39, 0.29) is 0 Å². The molecule has 1 atom stereocenters. The van der Waals surface area contributed by atoms with Crippen LogP contribution in [0, 0.1) is 17.3 Å². The van der Waals surface area contributed by atoms with Crippen molar-refractivity contribution >= 4 is 5.95 Å². The van der Waals surface area contributed by atoms with Crippen molar-refractivity contribution in [3.05, 3.63) is 18.0 Å². The van der Waals surface area contributed by atoms with Crippen molar-refractivity contribution in [2.75, 3.05) is 18.0 Å². The van der Waals surface area contributed by atoms with Crippen molar-refractivity contribution in [1.29, 1.82) is 0 Å². The van der Waals surface area contributed by atoms with Crippen LogP contribution in [0.2, 0.25) is 0 Å². The summed E-state index contributed by atoms with van der Waals surface area (Å²) < 4.78 is 0. The second kappa shape index (κ2) is 6.11. The van der Waals surface area contributed by atoms with Crippen molar-refractivity contribution in [2.24, 2.45) is 17.3 Å². The van der Waals surface area contributed by atoms with Crippen LogP contribution >= 0.6 is 0 Å². The summed E-state index contributed by atoms with van der Waals surface area (Å²) in [6, 6.07) is 0. The Labute approximate surface area is 123 Å². The zero-order valence-electron chi connectivity index (χ0n) is 13.7. The Hall–Kier alpha value is -1.12. The molecule has 0 unspecified atom stereocenters. The van der Waals surface area contributed by atoms with E-state index in [9.17, 15) is 0 Å². The normalized spacial score (nSPS) is 19.1. The van der Waals surface area contributed by atoms with Gasteiger partial charge in [0.1, 0.15) is 0 Å². The fourth-order valence-corrected chi connectivity index (χ4v) is 3.00. The van der Waals surface area contributed by atoms with Crippen LogP contribution < -0.4 is 4.90 Å². The molecule has 20 heavy (non-hydrogen) atoms. The Bertz CT molecular complexity index is 411. The molecule has 1 aromatic rings. The summed E-state index contributed by atoms with van der Waals surface area (Å²) in [5.41, 5.74) is 1.62. The summed E-state index contributed by atoms with van der Waals surface area (Å²) in [4.78, 5) is 11.4. The van der Waals surface area contributed by atoms with Gasteiger partial charge in [0.05, 0.1) is 0 Å². The van der Waals surface area contributed by atoms with Crippen molar-refractivity contribution in [1.82, 2.24) is 9.97 Å². The molecule has 0 radical (unpaired) electrons. The Kier molecular flexibility index (Phi) is 4.66. The minimum absolute atomic E-state index is 0.409. The van der Waals surface area contributed by atoms with Gasteiger partial charge in [-0.15, -0.1) is 0 Å². The maximum atomic E-state index is 4.51. The number of nitrogens with zero attached hydrogens (tertiary/aromatic N) is 3. The van der Waals surface area contributed by atoms with E-state index in [1.54, 1.807) is 0 Å². The molecule has 0 amide bonds. The molecule has 0 aliphatic carbocycles. The summed E-state index contributed by atoms with van der Waals surface area (Å²) in [6.07, 6.45) is 7.46. The van der Waals surface area contributed by atoms with Gasteiger partial charge in [0, 0.05) is 25.5 Å². The van der Waals surface area contributed by atoms with Crippen LogP contribution in [0.4, 0.5) is 5.95 Å². The molecular weight excluding hydrogens is 246 g/mol. The lowest BCUT2D eigenvalue weighted by atomic mass is 9.71. The highest BCUT2D eigenvalue weighted by atomic mass is 15.2. The minimum atomic E-state index is 0.409. The molecular formula is C17H29N3. The first-order chi connectivity index (χ1) is 9.41. The van der Waals surface area contributed by atoms with E-state index in [1.165, 1.54) is 18.4 Å². The number of aromatic nitrogens is 2. The van der Waals surface area contributed by atoms with Gasteiger partial charge in [0.2, 0.25) is 5.95 Å². The third-order valence-corrected chi connectivity index (χ3v) is 5.00. The van der Waals surface area contributed by atoms with Gasteiger partial charge in [0.25, 0.3) is 0 Å². The third kappa shape index (κ3) is 3.50. The maximum Gasteiger partial charge on any atom is 0.225 e. The minimum Gasteiger partial charge on any atom is -0.341 e. The predicted molar refractivity (Wildman–Crippen MR) is 85.0 cm³/mol. The number of piperidine rings is 1. The second-order valence-electron chi connectivity index (χ2n) is 7.22. The van der Waals surface area contributed by atoms with Gasteiger partial charge >= 0.3 is 0 Å². The van der Waals surface area contributed by atoms with Crippen LogP contribution in [0.25, 0.3) is 0 Å². The maximum absolute atomic E-state index is 4.51. The van der Waals surface area contributed by atoms with Crippen LogP contribution in [-0.2, 0) is 6.42 Å². The summed E-state index contributed by atoms with van der Waals surface area (Å²) >= 11 is 0. The molecule has 2 rings (SSSR count). The van der Waals surface area contributed by atoms with Crippen molar-refractivity contribution in [3.63, 3.8) is 0 Å². The Morgan fingerprint density at radius 3 is 2.20 bits per heavy atom. The van der Waals surface area contributed by atoms with Gasteiger partial charge in [-0.05, 0) is 42.1 Å². The van der Waals surface area contributed by atoms with E-state index < -0.39 is 0 Å². The largest absolute Gasteiger partial charge is 0.341 e. The fraction of sp³-hybridized carbons (Fsp3) is 0.765. The molecule has 3 heteroatoms. The van der Waals surface area contributed by atoms with Crippen LogP contribution in [0.3, 0.4) is 0 Å². The molecule has 1 aliphatic rings. The van der Waals surface area contributed by atoms with Crippen molar-refractivity contribution in [2.45, 2.75) is 53.9 Å². The van der Waals surface area contributed by atoms with E-state index in [4.69, 9.17) is 0 Å². The number of anilines is 1. The lowest BCUT2D eigenvalue weighted by molar-refractivity contribution is 0.153. The van der Waals surface area contributed by atoms with E-state index in [2.05, 4.69) is 49.5 Å². The first-order valence-corrected chi connectivity index (χ1v) is 7.97. The molecule has 1 aromatic heterocycles. The SMILES string of the molecule is CCc1cnc(N2CCC([C@H](C)C(C)(C)C)CC2)nc1. The number of aryl methyl sites for hydroxylation is 1. The fourth-order valence-electron chi connectivity index (χ4n) is 3.00. The van der Waals surface area contributed by atoms with Gasteiger partial charge in [-0.1, -0.05) is 34.6 Å². The van der Waals surface area contributed by atoms with Gasteiger partial charge < -0.3 is 4.90 Å². The summed E-state index contributed by atoms with van der Waals surface area (Å²) in [7, 11) is 0. The van der Waals surface area contributed by atoms with E-state index in [0.29, 0.717) is 5.41 Å². The highest BCUT2D eigenvalue weighted by molar-refractivity contribution is 5.30. The predicted octanol–water partition coefficient (Wildman–Crippen LogP) is 3.94. The Balaban J connectivity index is 1.93. The Morgan fingerprint density at radius 2 is 1.75 bits per heavy atom. The highest BCUT2D eigenvalue weighted by Gasteiger charge is 2.31. The van der Waals surface area contributed by atoms with E-state index in [0.717, 1.165) is 37.3 Å². The molecule has 1 fully saturated rings. The monoisotopic (exact) mass is 275 g/mol. The van der Waals surface area contributed by atoms with Crippen LogP contribution in [0.5, 0.6) is 0 Å². The zero-order chi connectivity index (χ0) is 14.8. The van der Waals surface area contributed by atoms with Crippen LogP contribution in [-0.4, -0.2) is 23.1 Å². The standard InChI is InChI=1S/C17H29N3/c1-6-14-11-18-16(19-12-14)20-9-7-15(8-10-20)13(2)17(3,4)5/h11-13,15H,6-10H2,1-5H3/t13-/m0/s1. The van der Waals surface area contributed by atoms with Gasteiger partial charge in [-0.3, -0.25) is 0 Å². The smallest absolute Gasteiger partial charge is 0.225 e. The van der Waals surface area contributed by atoms with E-state index >= 15 is 0 Å². The summed E-state index contributed by atoms with van der Waals surface area (Å²) in [5.74, 6) is 2.51. The molecule has 0 spiro atoms. The van der Waals surface area contributed by atoms with Crippen molar-refractivity contribution in [3.8, 4) is 0 Å². The topological polar surface area (TPSA) is 29.0 Å². The lowest BCUT2D eigenvalue weighted by Gasteiger charge is -2.40. The van der Waals surface area contributed by atoms with E-state index in [1.807, 2.05) is 12.4 Å². The molecule has 3 nitrogen and oxygen atoms in total. The molecule has 112 valence electrons. The van der Waals surface area contributed by atoms with Crippen LogP contribution in [0.15, 0.2) is 12.4 Å². The summed E-state index contributed by atoms with van der Waals surface area (Å²) in [6.45, 7) is 13.8. The molecule has 1 saturated heterocycles. The average Bonchev–Trinajstić information content (AvgIpc) is 2.46. The number of hydrogen-bond acceptors (Lipinski definition) is 3. The molecule has 0 bridgehead atoms. The second-order valence-corrected chi connectivity index (χ2v) is 7.22. The first-order valence-electron chi connectivity index (χ1n) is 7.97. The molecule has 0 N–H and O–H groups in total. The first kappa shape index (κ1) is 15.3. The van der Waals surface area contributed by atoms with Gasteiger partial charge in [-0.2, -0.15) is 0 Å². The quantitative estimate of drug-likeness (QED) is 0.836. The summed E-state index contributed by atoms with van der Waals surface area (Å²) in [5, 5.41) is 0. The number of hydrogen-bond donors (Lipinski definition) is 0. The third-order valence-electron chi connectivity index (χ3n) is 5.00. The molecule has 2 heterocycles. The number of rotatable bonds is 3. The average molecular weight is 275 g/mol. The molecule has 0 saturated carbocycles. The highest BCUT2D eigenvalue weighted by Crippen LogP contribution is 2.37. The van der Waals surface area contributed by atoms with Gasteiger partial charge in [-0.25, -0.2) is 9.97 Å². The van der Waals surface area contributed by atoms with Gasteiger partial charge in [0.15, 0.2) is 0 Å². The molecule has 1 aliphatic heterocycles. The Morgan fingerprint density at radius 1 is 1.20 bits per heavy atom. The van der Waals surface area contributed by atoms with Crippen molar-refractivity contribution < 1.29 is 0 Å². The van der Waals surface area contributed by atoms with Crippen LogP contribution in [0.1, 0.15) is 53.0 Å². The lowest BCUT2D eigenvalue weighted by Crippen LogP contribution is -2.39. The zero-order valence-corrected chi connectivity index (χ0v) is 13.7.